The van der Waals surface area contributed by atoms with Crippen molar-refractivity contribution in [2.75, 3.05) is 44.2 Å². The molecule has 0 saturated carbocycles. The molecule has 1 amide bonds. The van der Waals surface area contributed by atoms with E-state index < -0.39 is 5.60 Å². The van der Waals surface area contributed by atoms with Crippen LogP contribution in [0.4, 0.5) is 10.6 Å². The first kappa shape index (κ1) is 27.4. The molecule has 2 unspecified atom stereocenters. The van der Waals surface area contributed by atoms with Crippen LogP contribution in [0.5, 0.6) is 0 Å². The van der Waals surface area contributed by atoms with Crippen molar-refractivity contribution >= 4 is 41.8 Å². The maximum Gasteiger partial charge on any atom is 0.407 e. The minimum atomic E-state index is -0.498. The van der Waals surface area contributed by atoms with Crippen LogP contribution in [0.3, 0.4) is 0 Å². The fraction of sp³-hybridized carbons (Fsp3) is 0.696. The molecule has 2 aliphatic heterocycles. The molecule has 0 spiro atoms. The molecule has 0 aliphatic carbocycles. The smallest absolute Gasteiger partial charge is 0.407 e. The predicted octanol–water partition coefficient (Wildman–Crippen LogP) is 2.99. The van der Waals surface area contributed by atoms with Crippen LogP contribution in [0.25, 0.3) is 0 Å². The lowest BCUT2D eigenvalue weighted by molar-refractivity contribution is 0.0506. The van der Waals surface area contributed by atoms with Crippen molar-refractivity contribution in [2.24, 2.45) is 4.99 Å². The maximum atomic E-state index is 12.1. The van der Waals surface area contributed by atoms with E-state index in [9.17, 15) is 4.79 Å². The Kier molecular flexibility index (Phi) is 10.5. The number of hydrogen-bond donors (Lipinski definition) is 2. The van der Waals surface area contributed by atoms with Gasteiger partial charge in [0.15, 0.2) is 5.96 Å². The molecule has 0 bridgehead atoms. The number of ether oxygens (including phenoxy) is 2. The van der Waals surface area contributed by atoms with Crippen molar-refractivity contribution in [3.63, 3.8) is 0 Å². The van der Waals surface area contributed by atoms with E-state index in [0.29, 0.717) is 13.1 Å². The quantitative estimate of drug-likeness (QED) is 0.318. The summed E-state index contributed by atoms with van der Waals surface area (Å²) in [5.41, 5.74) is 0.565. The zero-order chi connectivity index (χ0) is 23.1. The number of halogens is 1. The summed E-state index contributed by atoms with van der Waals surface area (Å²) in [6, 6.07) is 4.20. The SMILES string of the molecule is CCNC(=NCc1ccc(N2CCOC(C)C2)nc1)N1CCC(NC(=O)OC(C)(C)C)C1.I. The van der Waals surface area contributed by atoms with Gasteiger partial charge in [-0.25, -0.2) is 14.8 Å². The summed E-state index contributed by atoms with van der Waals surface area (Å²) in [6.45, 7) is 15.1. The average Bonchev–Trinajstić information content (AvgIpc) is 3.18. The summed E-state index contributed by atoms with van der Waals surface area (Å²) in [7, 11) is 0. The predicted molar refractivity (Wildman–Crippen MR) is 141 cm³/mol. The molecular formula is C23H39IN6O3. The Hall–Kier alpha value is -1.82. The lowest BCUT2D eigenvalue weighted by Crippen LogP contribution is -2.44. The fourth-order valence-corrected chi connectivity index (χ4v) is 3.86. The third kappa shape index (κ3) is 8.80. The van der Waals surface area contributed by atoms with E-state index in [4.69, 9.17) is 14.5 Å². The zero-order valence-corrected chi connectivity index (χ0v) is 22.8. The molecular weight excluding hydrogens is 535 g/mol. The van der Waals surface area contributed by atoms with Crippen molar-refractivity contribution < 1.29 is 14.3 Å². The van der Waals surface area contributed by atoms with E-state index in [1.54, 1.807) is 0 Å². The third-order valence-electron chi connectivity index (χ3n) is 5.33. The number of carbonyl (C=O) groups excluding carboxylic acids is 1. The van der Waals surface area contributed by atoms with E-state index in [0.717, 1.165) is 56.5 Å². The molecule has 9 nitrogen and oxygen atoms in total. The summed E-state index contributed by atoms with van der Waals surface area (Å²) >= 11 is 0. The van der Waals surface area contributed by atoms with Crippen molar-refractivity contribution in [3.8, 4) is 0 Å². The monoisotopic (exact) mass is 574 g/mol. The van der Waals surface area contributed by atoms with Gasteiger partial charge in [-0.1, -0.05) is 6.07 Å². The molecule has 0 aromatic carbocycles. The number of morpholine rings is 1. The van der Waals surface area contributed by atoms with Crippen LogP contribution in [0.15, 0.2) is 23.3 Å². The van der Waals surface area contributed by atoms with Crippen LogP contribution >= 0.6 is 24.0 Å². The molecule has 3 rings (SSSR count). The Balaban J connectivity index is 0.00000385. The van der Waals surface area contributed by atoms with Crippen LogP contribution in [-0.4, -0.2) is 79.0 Å². The van der Waals surface area contributed by atoms with Gasteiger partial charge in [0.25, 0.3) is 0 Å². The van der Waals surface area contributed by atoms with Crippen molar-refractivity contribution in [1.29, 1.82) is 0 Å². The summed E-state index contributed by atoms with van der Waals surface area (Å²) in [5.74, 6) is 1.84. The van der Waals surface area contributed by atoms with Gasteiger partial charge in [0.05, 0.1) is 25.3 Å². The Morgan fingerprint density at radius 2 is 2.09 bits per heavy atom. The summed E-state index contributed by atoms with van der Waals surface area (Å²) in [5, 5.41) is 6.33. The lowest BCUT2D eigenvalue weighted by Gasteiger charge is -2.32. The second-order valence-electron chi connectivity index (χ2n) is 9.40. The zero-order valence-electron chi connectivity index (χ0n) is 20.5. The number of guanidine groups is 1. The molecule has 1 aromatic rings. The van der Waals surface area contributed by atoms with Crippen LogP contribution in [0.2, 0.25) is 0 Å². The molecule has 2 saturated heterocycles. The number of aliphatic imine (C=N–C) groups is 1. The van der Waals surface area contributed by atoms with Gasteiger partial charge in [0.2, 0.25) is 0 Å². The summed E-state index contributed by atoms with van der Waals surface area (Å²) in [4.78, 5) is 26.0. The number of rotatable bonds is 5. The standard InChI is InChI=1S/C23H38N6O3.HI/c1-6-24-21(29-10-9-19(16-29)27-22(30)32-23(3,4)5)26-14-18-7-8-20(25-13-18)28-11-12-31-17(2)15-28;/h7-8,13,17,19H,6,9-12,14-16H2,1-5H3,(H,24,26)(H,27,30);1H. The third-order valence-corrected chi connectivity index (χ3v) is 5.33. The lowest BCUT2D eigenvalue weighted by atomic mass is 10.2. The molecule has 10 heteroatoms. The van der Waals surface area contributed by atoms with Crippen LogP contribution in [-0.2, 0) is 16.0 Å². The van der Waals surface area contributed by atoms with E-state index in [1.165, 1.54) is 0 Å². The Morgan fingerprint density at radius 3 is 2.73 bits per heavy atom. The molecule has 1 aromatic heterocycles. The van der Waals surface area contributed by atoms with Gasteiger partial charge >= 0.3 is 6.09 Å². The second kappa shape index (κ2) is 12.6. The second-order valence-corrected chi connectivity index (χ2v) is 9.40. The number of carbonyl (C=O) groups is 1. The molecule has 2 fully saturated rings. The van der Waals surface area contributed by atoms with E-state index in [2.05, 4.69) is 51.4 Å². The number of anilines is 1. The first-order valence-electron chi connectivity index (χ1n) is 11.6. The number of pyridine rings is 1. The van der Waals surface area contributed by atoms with E-state index >= 15 is 0 Å². The topological polar surface area (TPSA) is 91.3 Å². The van der Waals surface area contributed by atoms with Gasteiger partial charge in [-0.15, -0.1) is 24.0 Å². The molecule has 3 heterocycles. The first-order chi connectivity index (χ1) is 15.2. The molecule has 2 atom stereocenters. The highest BCUT2D eigenvalue weighted by atomic mass is 127. The van der Waals surface area contributed by atoms with E-state index in [-0.39, 0.29) is 42.2 Å². The van der Waals surface area contributed by atoms with E-state index in [1.807, 2.05) is 27.0 Å². The molecule has 186 valence electrons. The molecule has 2 N–H and O–H groups in total. The minimum absolute atomic E-state index is 0. The first-order valence-corrected chi connectivity index (χ1v) is 11.6. The fourth-order valence-electron chi connectivity index (χ4n) is 3.86. The number of likely N-dealkylation sites (tertiary alicyclic amines) is 1. The number of hydrogen-bond acceptors (Lipinski definition) is 6. The van der Waals surface area contributed by atoms with Crippen molar-refractivity contribution in [2.45, 2.75) is 65.3 Å². The summed E-state index contributed by atoms with van der Waals surface area (Å²) < 4.78 is 11.0. The average molecular weight is 575 g/mol. The number of aromatic nitrogens is 1. The van der Waals surface area contributed by atoms with Gasteiger partial charge in [-0.05, 0) is 52.7 Å². The van der Waals surface area contributed by atoms with Gasteiger partial charge in [-0.3, -0.25) is 0 Å². The highest BCUT2D eigenvalue weighted by molar-refractivity contribution is 14.0. The van der Waals surface area contributed by atoms with Crippen LogP contribution < -0.4 is 15.5 Å². The number of alkyl carbamates (subject to hydrolysis) is 1. The molecule has 33 heavy (non-hydrogen) atoms. The van der Waals surface area contributed by atoms with Crippen LogP contribution in [0, 0.1) is 0 Å². The Morgan fingerprint density at radius 1 is 1.30 bits per heavy atom. The van der Waals surface area contributed by atoms with Gasteiger partial charge in [0, 0.05) is 38.9 Å². The van der Waals surface area contributed by atoms with Crippen molar-refractivity contribution in [1.82, 2.24) is 20.5 Å². The highest BCUT2D eigenvalue weighted by Crippen LogP contribution is 2.16. The number of amides is 1. The minimum Gasteiger partial charge on any atom is -0.444 e. The Bertz CT molecular complexity index is 783. The van der Waals surface area contributed by atoms with Gasteiger partial charge in [0.1, 0.15) is 11.4 Å². The molecule has 2 aliphatic rings. The largest absolute Gasteiger partial charge is 0.444 e. The highest BCUT2D eigenvalue weighted by Gasteiger charge is 2.28. The molecule has 0 radical (unpaired) electrons. The van der Waals surface area contributed by atoms with Gasteiger partial charge in [-0.2, -0.15) is 0 Å². The summed E-state index contributed by atoms with van der Waals surface area (Å²) in [6.07, 6.45) is 2.62. The van der Waals surface area contributed by atoms with Gasteiger partial charge < -0.3 is 29.9 Å². The maximum absolute atomic E-state index is 12.1. The number of nitrogens with one attached hydrogen (secondary N) is 2. The van der Waals surface area contributed by atoms with Crippen molar-refractivity contribution in [3.05, 3.63) is 23.9 Å². The normalized spacial score (nSPS) is 21.4. The number of nitrogens with zero attached hydrogens (tertiary/aromatic N) is 4. The van der Waals surface area contributed by atoms with Crippen LogP contribution in [0.1, 0.15) is 46.6 Å². The Labute approximate surface area is 214 Å².